The number of benzene rings is 1. The van der Waals surface area contributed by atoms with Gasteiger partial charge in [0.2, 0.25) is 11.8 Å². The highest BCUT2D eigenvalue weighted by Gasteiger charge is 2.38. The maximum atomic E-state index is 13.1. The third-order valence-electron chi connectivity index (χ3n) is 6.60. The first-order valence-corrected chi connectivity index (χ1v) is 11.7. The molecule has 1 aromatic carbocycles. The van der Waals surface area contributed by atoms with E-state index in [-0.39, 0.29) is 29.7 Å². The predicted octanol–water partition coefficient (Wildman–Crippen LogP) is 4.44. The number of rotatable bonds is 4. The summed E-state index contributed by atoms with van der Waals surface area (Å²) < 4.78 is 2.70. The van der Waals surface area contributed by atoms with Gasteiger partial charge in [-0.15, -0.1) is 0 Å². The molecule has 2 aliphatic rings. The Kier molecular flexibility index (Phi) is 5.66. The van der Waals surface area contributed by atoms with Crippen LogP contribution in [-0.2, 0) is 11.2 Å². The number of fused-ring (bicyclic) bond motifs is 2. The van der Waals surface area contributed by atoms with Gasteiger partial charge < -0.3 is 4.90 Å². The maximum absolute atomic E-state index is 13.1. The minimum absolute atomic E-state index is 0.0885. The third-order valence-corrected chi connectivity index (χ3v) is 7.44. The smallest absolute Gasteiger partial charge is 0.234 e. The summed E-state index contributed by atoms with van der Waals surface area (Å²) >= 11 is 3.74. The molecule has 0 fully saturated rings. The lowest BCUT2D eigenvalue weighted by molar-refractivity contribution is -0.134. The summed E-state index contributed by atoms with van der Waals surface area (Å²) in [5.74, 6) is 0.0664. The zero-order valence-corrected chi connectivity index (χ0v) is 20.0. The molecule has 160 valence electrons. The standard InChI is InChI=1S/C24H30BrN3O2/c1-6-27(7-2)24(30)15-11-17-16-9-8-10-19-21(16)18(12-20(17)26(5)13-15)22(25)28(19)23(29)14(3)4/h8-11,14-15,20H,6-7,12-13H2,1-5H3. The average molecular weight is 472 g/mol. The van der Waals surface area contributed by atoms with E-state index >= 15 is 0 Å². The Morgan fingerprint density at radius 2 is 1.93 bits per heavy atom. The minimum atomic E-state index is -0.138. The number of carbonyl (C=O) groups excluding carboxylic acids is 2. The van der Waals surface area contributed by atoms with Crippen LogP contribution in [0.1, 0.15) is 43.6 Å². The molecule has 0 N–H and O–H groups in total. The first-order chi connectivity index (χ1) is 14.3. The SMILES string of the molecule is CCN(CC)C(=O)C1C=C2c3cccc4c3c(c(Br)n4C(=O)C(C)C)CC2N(C)C1. The van der Waals surface area contributed by atoms with Crippen molar-refractivity contribution in [3.8, 4) is 0 Å². The van der Waals surface area contributed by atoms with E-state index in [0.717, 1.165) is 47.1 Å². The summed E-state index contributed by atoms with van der Waals surface area (Å²) in [4.78, 5) is 30.3. The van der Waals surface area contributed by atoms with Crippen LogP contribution in [0.5, 0.6) is 0 Å². The van der Waals surface area contributed by atoms with Crippen molar-refractivity contribution < 1.29 is 9.59 Å². The van der Waals surface area contributed by atoms with E-state index in [1.54, 1.807) is 0 Å². The minimum Gasteiger partial charge on any atom is -0.343 e. The molecule has 1 aliphatic heterocycles. The van der Waals surface area contributed by atoms with Crippen LogP contribution in [0.2, 0.25) is 0 Å². The van der Waals surface area contributed by atoms with Gasteiger partial charge in [0.15, 0.2) is 0 Å². The van der Waals surface area contributed by atoms with Crippen LogP contribution in [0.25, 0.3) is 16.5 Å². The Hall–Kier alpha value is -1.92. The van der Waals surface area contributed by atoms with Crippen molar-refractivity contribution in [2.75, 3.05) is 26.7 Å². The van der Waals surface area contributed by atoms with E-state index in [1.165, 1.54) is 11.1 Å². The van der Waals surface area contributed by atoms with Gasteiger partial charge in [-0.2, -0.15) is 0 Å². The van der Waals surface area contributed by atoms with Gasteiger partial charge in [0.1, 0.15) is 0 Å². The summed E-state index contributed by atoms with van der Waals surface area (Å²) in [5, 5.41) is 1.14. The van der Waals surface area contributed by atoms with Crippen LogP contribution < -0.4 is 0 Å². The number of aromatic nitrogens is 1. The van der Waals surface area contributed by atoms with Crippen molar-refractivity contribution in [2.24, 2.45) is 11.8 Å². The number of carbonyl (C=O) groups is 2. The van der Waals surface area contributed by atoms with Gasteiger partial charge in [-0.3, -0.25) is 19.1 Å². The number of amides is 1. The monoisotopic (exact) mass is 471 g/mol. The van der Waals surface area contributed by atoms with Gasteiger partial charge in [-0.05, 0) is 66.0 Å². The number of hydrogen-bond donors (Lipinski definition) is 0. The molecule has 6 heteroatoms. The van der Waals surface area contributed by atoms with Crippen molar-refractivity contribution in [2.45, 2.75) is 40.2 Å². The molecule has 1 aliphatic carbocycles. The zero-order valence-electron chi connectivity index (χ0n) is 18.4. The Balaban J connectivity index is 1.88. The summed E-state index contributed by atoms with van der Waals surface area (Å²) in [6, 6.07) is 6.40. The van der Waals surface area contributed by atoms with E-state index in [2.05, 4.69) is 40.0 Å². The number of hydrogen-bond acceptors (Lipinski definition) is 3. The Bertz CT molecular complexity index is 1050. The predicted molar refractivity (Wildman–Crippen MR) is 125 cm³/mol. The van der Waals surface area contributed by atoms with E-state index in [4.69, 9.17) is 0 Å². The van der Waals surface area contributed by atoms with Gasteiger partial charge in [0.25, 0.3) is 0 Å². The number of nitrogens with zero attached hydrogens (tertiary/aromatic N) is 3. The van der Waals surface area contributed by atoms with Crippen molar-refractivity contribution in [3.05, 3.63) is 40.0 Å². The second kappa shape index (κ2) is 7.97. The molecule has 0 bridgehead atoms. The molecule has 2 atom stereocenters. The van der Waals surface area contributed by atoms with Crippen LogP contribution in [-0.4, -0.2) is 58.9 Å². The van der Waals surface area contributed by atoms with E-state index in [0.29, 0.717) is 0 Å². The van der Waals surface area contributed by atoms with E-state index in [9.17, 15) is 9.59 Å². The topological polar surface area (TPSA) is 45.6 Å². The number of likely N-dealkylation sites (N-methyl/N-ethyl adjacent to an activating group) is 1. The van der Waals surface area contributed by atoms with Crippen LogP contribution >= 0.6 is 15.9 Å². The Morgan fingerprint density at radius 3 is 2.57 bits per heavy atom. The largest absolute Gasteiger partial charge is 0.343 e. The fourth-order valence-electron chi connectivity index (χ4n) is 4.99. The highest BCUT2D eigenvalue weighted by atomic mass is 79.9. The van der Waals surface area contributed by atoms with Crippen molar-refractivity contribution in [1.29, 1.82) is 0 Å². The third kappa shape index (κ3) is 3.16. The molecule has 1 aromatic heterocycles. The first kappa shape index (κ1) is 21.3. The highest BCUT2D eigenvalue weighted by Crippen LogP contribution is 2.45. The molecule has 2 aromatic rings. The highest BCUT2D eigenvalue weighted by molar-refractivity contribution is 9.10. The summed E-state index contributed by atoms with van der Waals surface area (Å²) in [5.41, 5.74) is 4.51. The van der Waals surface area contributed by atoms with Crippen LogP contribution in [0.3, 0.4) is 0 Å². The van der Waals surface area contributed by atoms with Gasteiger partial charge >= 0.3 is 0 Å². The van der Waals surface area contributed by atoms with Gasteiger partial charge in [0, 0.05) is 37.0 Å². The molecule has 1 amide bonds. The van der Waals surface area contributed by atoms with E-state index in [1.807, 2.05) is 49.3 Å². The summed E-state index contributed by atoms with van der Waals surface area (Å²) in [6.45, 7) is 10.1. The molecule has 2 heterocycles. The molecule has 0 spiro atoms. The second-order valence-electron chi connectivity index (χ2n) is 8.70. The molecule has 5 nitrogen and oxygen atoms in total. The Labute approximate surface area is 186 Å². The van der Waals surface area contributed by atoms with Crippen LogP contribution in [0.4, 0.5) is 0 Å². The fraction of sp³-hybridized carbons (Fsp3) is 0.500. The maximum Gasteiger partial charge on any atom is 0.234 e. The molecule has 0 radical (unpaired) electrons. The summed E-state index contributed by atoms with van der Waals surface area (Å²) in [6.07, 6.45) is 3.03. The van der Waals surface area contributed by atoms with Crippen LogP contribution in [0.15, 0.2) is 28.9 Å². The average Bonchev–Trinajstić information content (AvgIpc) is 3.01. The lowest BCUT2D eigenvalue weighted by atomic mass is 9.79. The number of halogens is 1. The van der Waals surface area contributed by atoms with Crippen molar-refractivity contribution in [3.63, 3.8) is 0 Å². The fourth-order valence-corrected chi connectivity index (χ4v) is 5.72. The summed E-state index contributed by atoms with van der Waals surface area (Å²) in [7, 11) is 2.11. The molecular weight excluding hydrogens is 442 g/mol. The zero-order chi connectivity index (χ0) is 21.7. The first-order valence-electron chi connectivity index (χ1n) is 10.9. The molecule has 0 saturated carbocycles. The molecule has 2 unspecified atom stereocenters. The van der Waals surface area contributed by atoms with Crippen molar-refractivity contribution >= 4 is 44.2 Å². The van der Waals surface area contributed by atoms with Gasteiger partial charge in [0.05, 0.1) is 16.0 Å². The molecular formula is C24H30BrN3O2. The molecule has 30 heavy (non-hydrogen) atoms. The normalized spacial score (nSPS) is 21.0. The van der Waals surface area contributed by atoms with Crippen molar-refractivity contribution in [1.82, 2.24) is 14.4 Å². The second-order valence-corrected chi connectivity index (χ2v) is 9.45. The van der Waals surface area contributed by atoms with E-state index < -0.39 is 0 Å². The molecule has 0 saturated heterocycles. The van der Waals surface area contributed by atoms with Crippen LogP contribution in [0, 0.1) is 11.8 Å². The lowest BCUT2D eigenvalue weighted by Crippen LogP contribution is -2.47. The molecule has 4 rings (SSSR count). The lowest BCUT2D eigenvalue weighted by Gasteiger charge is -2.40. The van der Waals surface area contributed by atoms with Gasteiger partial charge in [-0.25, -0.2) is 0 Å². The Morgan fingerprint density at radius 1 is 1.23 bits per heavy atom. The van der Waals surface area contributed by atoms with Gasteiger partial charge in [-0.1, -0.05) is 32.1 Å². The quantitative estimate of drug-likeness (QED) is 0.661.